The minimum Gasteiger partial charge on any atom is -0.305 e. The molecule has 122 valence electrons. The number of nitrogens with one attached hydrogen (secondary N) is 1. The summed E-state index contributed by atoms with van der Waals surface area (Å²) in [6.45, 7) is 1.95. The van der Waals surface area contributed by atoms with Crippen LogP contribution in [0.15, 0.2) is 42.6 Å². The van der Waals surface area contributed by atoms with Gasteiger partial charge in [-0.15, -0.1) is 0 Å². The molecule has 1 saturated carbocycles. The Morgan fingerprint density at radius 2 is 2.00 bits per heavy atom. The maximum atomic E-state index is 13.1. The van der Waals surface area contributed by atoms with E-state index in [1.54, 1.807) is 35.1 Å². The number of aryl methyl sites for hydroxylation is 1. The van der Waals surface area contributed by atoms with Crippen molar-refractivity contribution in [2.24, 2.45) is 0 Å². The standard InChI is InChI=1S/C17H16FN5O/c1-11-10-15(21-22(11)13-6-7-13)17(24)20-16-8-9-19-23(16)14-4-2-12(18)3-5-14/h2-5,8-10,13H,6-7H2,1H3,(H,20,24). The van der Waals surface area contributed by atoms with E-state index in [4.69, 9.17) is 0 Å². The highest BCUT2D eigenvalue weighted by Gasteiger charge is 2.27. The highest BCUT2D eigenvalue weighted by molar-refractivity contribution is 6.02. The predicted octanol–water partition coefficient (Wildman–Crippen LogP) is 3.10. The van der Waals surface area contributed by atoms with Crippen molar-refractivity contribution in [2.75, 3.05) is 5.32 Å². The van der Waals surface area contributed by atoms with E-state index in [0.717, 1.165) is 18.5 Å². The van der Waals surface area contributed by atoms with Gasteiger partial charge in [-0.3, -0.25) is 9.48 Å². The minimum atomic E-state index is -0.322. The van der Waals surface area contributed by atoms with E-state index in [0.29, 0.717) is 23.2 Å². The van der Waals surface area contributed by atoms with Gasteiger partial charge in [0.25, 0.3) is 5.91 Å². The Morgan fingerprint density at radius 3 is 2.71 bits per heavy atom. The molecular formula is C17H16FN5O. The van der Waals surface area contributed by atoms with Crippen molar-refractivity contribution >= 4 is 11.7 Å². The van der Waals surface area contributed by atoms with Crippen molar-refractivity contribution in [1.29, 1.82) is 0 Å². The summed E-state index contributed by atoms with van der Waals surface area (Å²) >= 11 is 0. The number of rotatable bonds is 4. The van der Waals surface area contributed by atoms with Gasteiger partial charge in [-0.25, -0.2) is 9.07 Å². The second-order valence-corrected chi connectivity index (χ2v) is 5.91. The van der Waals surface area contributed by atoms with Gasteiger partial charge in [-0.1, -0.05) is 0 Å². The van der Waals surface area contributed by atoms with Crippen LogP contribution in [0.4, 0.5) is 10.2 Å². The second kappa shape index (κ2) is 5.59. The van der Waals surface area contributed by atoms with Crippen molar-refractivity contribution in [1.82, 2.24) is 19.6 Å². The zero-order valence-electron chi connectivity index (χ0n) is 13.1. The molecule has 7 heteroatoms. The van der Waals surface area contributed by atoms with Crippen LogP contribution in [0, 0.1) is 12.7 Å². The molecule has 1 fully saturated rings. The molecule has 2 aromatic heterocycles. The molecule has 0 saturated heterocycles. The lowest BCUT2D eigenvalue weighted by Gasteiger charge is -2.08. The van der Waals surface area contributed by atoms with Gasteiger partial charge < -0.3 is 5.32 Å². The highest BCUT2D eigenvalue weighted by atomic mass is 19.1. The highest BCUT2D eigenvalue weighted by Crippen LogP contribution is 2.35. The van der Waals surface area contributed by atoms with E-state index < -0.39 is 0 Å². The third-order valence-electron chi connectivity index (χ3n) is 4.00. The molecule has 2 heterocycles. The monoisotopic (exact) mass is 325 g/mol. The summed E-state index contributed by atoms with van der Waals surface area (Å²) in [6.07, 6.45) is 3.80. The number of nitrogens with zero attached hydrogens (tertiary/aromatic N) is 4. The number of amides is 1. The van der Waals surface area contributed by atoms with E-state index in [9.17, 15) is 9.18 Å². The quantitative estimate of drug-likeness (QED) is 0.801. The van der Waals surface area contributed by atoms with Crippen LogP contribution >= 0.6 is 0 Å². The van der Waals surface area contributed by atoms with E-state index in [-0.39, 0.29) is 11.7 Å². The van der Waals surface area contributed by atoms with Crippen molar-refractivity contribution in [3.8, 4) is 5.69 Å². The molecule has 0 aliphatic heterocycles. The van der Waals surface area contributed by atoms with Gasteiger partial charge >= 0.3 is 0 Å². The van der Waals surface area contributed by atoms with Gasteiger partial charge in [-0.05, 0) is 50.1 Å². The molecule has 1 N–H and O–H groups in total. The van der Waals surface area contributed by atoms with Crippen molar-refractivity contribution < 1.29 is 9.18 Å². The first-order chi connectivity index (χ1) is 11.6. The molecule has 0 spiro atoms. The van der Waals surface area contributed by atoms with Crippen LogP contribution in [0.1, 0.15) is 35.1 Å². The van der Waals surface area contributed by atoms with E-state index in [1.807, 2.05) is 11.6 Å². The summed E-state index contributed by atoms with van der Waals surface area (Å²) in [7, 11) is 0. The van der Waals surface area contributed by atoms with Gasteiger partial charge in [0, 0.05) is 11.8 Å². The average molecular weight is 325 g/mol. The largest absolute Gasteiger partial charge is 0.305 e. The summed E-state index contributed by atoms with van der Waals surface area (Å²) in [6, 6.07) is 9.80. The van der Waals surface area contributed by atoms with Crippen LogP contribution < -0.4 is 5.32 Å². The molecule has 6 nitrogen and oxygen atoms in total. The van der Waals surface area contributed by atoms with Crippen LogP contribution in [0.5, 0.6) is 0 Å². The van der Waals surface area contributed by atoms with Gasteiger partial charge in [0.1, 0.15) is 11.6 Å². The van der Waals surface area contributed by atoms with Crippen LogP contribution in [0.2, 0.25) is 0 Å². The molecule has 1 aliphatic rings. The summed E-state index contributed by atoms with van der Waals surface area (Å²) in [4.78, 5) is 12.5. The fraction of sp³-hybridized carbons (Fsp3) is 0.235. The number of anilines is 1. The maximum absolute atomic E-state index is 13.1. The van der Waals surface area contributed by atoms with Gasteiger partial charge in [0.15, 0.2) is 5.69 Å². The van der Waals surface area contributed by atoms with Crippen LogP contribution in [-0.2, 0) is 0 Å². The molecule has 24 heavy (non-hydrogen) atoms. The normalized spacial score (nSPS) is 13.9. The first-order valence-electron chi connectivity index (χ1n) is 7.79. The summed E-state index contributed by atoms with van der Waals surface area (Å²) < 4.78 is 16.5. The predicted molar refractivity (Wildman–Crippen MR) is 86.7 cm³/mol. The van der Waals surface area contributed by atoms with E-state index in [1.165, 1.54) is 12.1 Å². The summed E-state index contributed by atoms with van der Waals surface area (Å²) in [5, 5.41) is 11.4. The zero-order chi connectivity index (χ0) is 16.7. The number of carbonyl (C=O) groups is 1. The first kappa shape index (κ1) is 14.6. The lowest BCUT2D eigenvalue weighted by Crippen LogP contribution is -2.16. The molecular weight excluding hydrogens is 309 g/mol. The molecule has 3 aromatic rings. The molecule has 1 amide bonds. The van der Waals surface area contributed by atoms with E-state index >= 15 is 0 Å². The van der Waals surface area contributed by atoms with Crippen LogP contribution in [0.25, 0.3) is 5.69 Å². The van der Waals surface area contributed by atoms with Crippen LogP contribution in [-0.4, -0.2) is 25.5 Å². The number of aromatic nitrogens is 4. The molecule has 0 unspecified atom stereocenters. The van der Waals surface area contributed by atoms with Gasteiger partial charge in [-0.2, -0.15) is 10.2 Å². The Labute approximate surface area is 137 Å². The summed E-state index contributed by atoms with van der Waals surface area (Å²) in [5.41, 5.74) is 2.03. The smallest absolute Gasteiger partial charge is 0.277 e. The van der Waals surface area contributed by atoms with E-state index in [2.05, 4.69) is 15.5 Å². The molecule has 1 aromatic carbocycles. The Bertz CT molecular complexity index is 892. The molecule has 0 atom stereocenters. The zero-order valence-corrected chi connectivity index (χ0v) is 13.1. The lowest BCUT2D eigenvalue weighted by atomic mass is 10.3. The number of benzene rings is 1. The molecule has 0 radical (unpaired) electrons. The Kier molecular flexibility index (Phi) is 3.41. The SMILES string of the molecule is Cc1cc(C(=O)Nc2ccnn2-c2ccc(F)cc2)nn1C1CC1. The molecule has 0 bridgehead atoms. The third-order valence-corrected chi connectivity index (χ3v) is 4.00. The van der Waals surface area contributed by atoms with Crippen molar-refractivity contribution in [3.05, 3.63) is 59.8 Å². The van der Waals surface area contributed by atoms with Crippen molar-refractivity contribution in [3.63, 3.8) is 0 Å². The molecule has 4 rings (SSSR count). The molecule has 1 aliphatic carbocycles. The minimum absolute atomic E-state index is 0.290. The third kappa shape index (κ3) is 2.68. The number of halogens is 1. The van der Waals surface area contributed by atoms with Crippen molar-refractivity contribution in [2.45, 2.75) is 25.8 Å². The summed E-state index contributed by atoms with van der Waals surface area (Å²) in [5.74, 6) is -0.107. The Balaban J connectivity index is 1.57. The topological polar surface area (TPSA) is 64.7 Å². The Morgan fingerprint density at radius 1 is 1.25 bits per heavy atom. The maximum Gasteiger partial charge on any atom is 0.277 e. The average Bonchev–Trinajstić information content (AvgIpc) is 3.18. The number of hydrogen-bond donors (Lipinski definition) is 1. The van der Waals surface area contributed by atoms with Gasteiger partial charge in [0.05, 0.1) is 17.9 Å². The lowest BCUT2D eigenvalue weighted by molar-refractivity contribution is 0.102. The van der Waals surface area contributed by atoms with Crippen LogP contribution in [0.3, 0.4) is 0 Å². The van der Waals surface area contributed by atoms with Gasteiger partial charge in [0.2, 0.25) is 0 Å². The first-order valence-corrected chi connectivity index (χ1v) is 7.79. The fourth-order valence-corrected chi connectivity index (χ4v) is 2.65. The number of hydrogen-bond acceptors (Lipinski definition) is 3. The Hall–Kier alpha value is -2.96. The second-order valence-electron chi connectivity index (χ2n) is 5.91. The fourth-order valence-electron chi connectivity index (χ4n) is 2.65. The number of carbonyl (C=O) groups excluding carboxylic acids is 1.